The molecule has 0 bridgehead atoms. The van der Waals surface area contributed by atoms with Crippen LogP contribution in [0.25, 0.3) is 10.9 Å². The summed E-state index contributed by atoms with van der Waals surface area (Å²) in [6.07, 6.45) is 4.07. The molecular formula is C24H33FN4O2. The molecule has 2 N–H and O–H groups in total. The van der Waals surface area contributed by atoms with Crippen LogP contribution in [0.15, 0.2) is 18.2 Å². The highest BCUT2D eigenvalue weighted by Crippen LogP contribution is 2.26. The molecule has 1 saturated carbocycles. The van der Waals surface area contributed by atoms with Crippen LogP contribution in [0.2, 0.25) is 0 Å². The number of nitrogens with one attached hydrogen (secondary N) is 2. The molecule has 7 heteroatoms. The summed E-state index contributed by atoms with van der Waals surface area (Å²) in [7, 11) is 0. The molecule has 168 valence electrons. The fourth-order valence-corrected chi connectivity index (χ4v) is 5.01. The van der Waals surface area contributed by atoms with Crippen molar-refractivity contribution in [2.24, 2.45) is 5.92 Å². The summed E-state index contributed by atoms with van der Waals surface area (Å²) in [4.78, 5) is 32.6. The van der Waals surface area contributed by atoms with Crippen molar-refractivity contribution in [2.75, 3.05) is 26.2 Å². The zero-order chi connectivity index (χ0) is 22.1. The van der Waals surface area contributed by atoms with Crippen molar-refractivity contribution < 1.29 is 14.0 Å². The monoisotopic (exact) mass is 428 g/mol. The topological polar surface area (TPSA) is 68.4 Å². The molecule has 4 rings (SSSR count). The van der Waals surface area contributed by atoms with Gasteiger partial charge in [0.1, 0.15) is 11.5 Å². The molecule has 31 heavy (non-hydrogen) atoms. The van der Waals surface area contributed by atoms with Gasteiger partial charge in [0, 0.05) is 49.6 Å². The summed E-state index contributed by atoms with van der Waals surface area (Å²) >= 11 is 0. The lowest BCUT2D eigenvalue weighted by Gasteiger charge is -2.42. The third-order valence-corrected chi connectivity index (χ3v) is 6.81. The van der Waals surface area contributed by atoms with Crippen molar-refractivity contribution in [1.29, 1.82) is 0 Å². The molecule has 1 aromatic heterocycles. The van der Waals surface area contributed by atoms with Crippen molar-refractivity contribution in [3.05, 3.63) is 35.3 Å². The van der Waals surface area contributed by atoms with Gasteiger partial charge in [-0.2, -0.15) is 0 Å². The molecule has 1 aliphatic carbocycles. The van der Waals surface area contributed by atoms with Crippen molar-refractivity contribution in [3.63, 3.8) is 0 Å². The number of aromatic amines is 1. The molecule has 2 amide bonds. The highest BCUT2D eigenvalue weighted by Gasteiger charge is 2.31. The number of aryl methyl sites for hydroxylation is 1. The smallest absolute Gasteiger partial charge is 0.267 e. The maximum atomic E-state index is 14.1. The maximum absolute atomic E-state index is 14.1. The first-order valence-corrected chi connectivity index (χ1v) is 11.4. The van der Waals surface area contributed by atoms with E-state index in [9.17, 15) is 14.0 Å². The second-order valence-corrected chi connectivity index (χ2v) is 9.34. The Labute approximate surface area is 183 Å². The molecule has 1 aromatic carbocycles. The third kappa shape index (κ3) is 4.61. The minimum Gasteiger partial charge on any atom is -0.350 e. The van der Waals surface area contributed by atoms with Gasteiger partial charge in [0.25, 0.3) is 5.91 Å². The maximum Gasteiger partial charge on any atom is 0.267 e. The average Bonchev–Trinajstić information content (AvgIpc) is 3.23. The van der Waals surface area contributed by atoms with E-state index in [0.717, 1.165) is 57.4 Å². The summed E-state index contributed by atoms with van der Waals surface area (Å²) in [6, 6.07) is 5.30. The van der Waals surface area contributed by atoms with Crippen molar-refractivity contribution in [1.82, 2.24) is 20.1 Å². The Hall–Kier alpha value is -2.41. The summed E-state index contributed by atoms with van der Waals surface area (Å²) < 4.78 is 14.1. The Kier molecular flexibility index (Phi) is 6.32. The molecule has 2 heterocycles. The number of piperazine rings is 1. The Morgan fingerprint density at radius 3 is 2.58 bits per heavy atom. The molecule has 2 fully saturated rings. The summed E-state index contributed by atoms with van der Waals surface area (Å²) in [5, 5.41) is 3.62. The third-order valence-electron chi connectivity index (χ3n) is 6.81. The Balaban J connectivity index is 1.35. The van der Waals surface area contributed by atoms with Gasteiger partial charge in [0.15, 0.2) is 0 Å². The van der Waals surface area contributed by atoms with Crippen molar-refractivity contribution in [2.45, 2.75) is 58.5 Å². The van der Waals surface area contributed by atoms with Gasteiger partial charge in [-0.15, -0.1) is 0 Å². The SMILES string of the molecule is Cc1ccc(F)c2cc(C(=O)N[C@@H]3CCCC(N4CCN(C(=O)C(C)C)CC4)C3)[nH]c12. The van der Waals surface area contributed by atoms with E-state index >= 15 is 0 Å². The van der Waals surface area contributed by atoms with Crippen LogP contribution in [0.5, 0.6) is 0 Å². The minimum absolute atomic E-state index is 0.0442. The van der Waals surface area contributed by atoms with Gasteiger partial charge >= 0.3 is 0 Å². The lowest BCUT2D eigenvalue weighted by molar-refractivity contribution is -0.136. The van der Waals surface area contributed by atoms with E-state index in [0.29, 0.717) is 22.6 Å². The molecule has 2 aliphatic rings. The Morgan fingerprint density at radius 2 is 1.90 bits per heavy atom. The molecule has 2 aromatic rings. The van der Waals surface area contributed by atoms with Crippen LogP contribution in [0.3, 0.4) is 0 Å². The molecule has 1 saturated heterocycles. The molecule has 2 atom stereocenters. The number of H-pyrrole nitrogens is 1. The van der Waals surface area contributed by atoms with Crippen molar-refractivity contribution in [3.8, 4) is 0 Å². The molecular weight excluding hydrogens is 395 g/mol. The predicted octanol–water partition coefficient (Wildman–Crippen LogP) is 3.46. The highest BCUT2D eigenvalue weighted by molar-refractivity contribution is 5.99. The zero-order valence-electron chi connectivity index (χ0n) is 18.7. The molecule has 6 nitrogen and oxygen atoms in total. The number of benzene rings is 1. The van der Waals surface area contributed by atoms with E-state index in [1.54, 1.807) is 12.1 Å². The summed E-state index contributed by atoms with van der Waals surface area (Å²) in [6.45, 7) is 9.15. The van der Waals surface area contributed by atoms with Gasteiger partial charge in [0.2, 0.25) is 5.91 Å². The average molecular weight is 429 g/mol. The second kappa shape index (κ2) is 8.99. The zero-order valence-corrected chi connectivity index (χ0v) is 18.7. The van der Waals surface area contributed by atoms with Gasteiger partial charge in [0.05, 0.1) is 5.52 Å². The first kappa shape index (κ1) is 21.8. The predicted molar refractivity (Wildman–Crippen MR) is 119 cm³/mol. The Bertz CT molecular complexity index is 923. The van der Waals surface area contributed by atoms with E-state index in [2.05, 4.69) is 15.2 Å². The van der Waals surface area contributed by atoms with E-state index < -0.39 is 0 Å². The summed E-state index contributed by atoms with van der Waals surface area (Å²) in [5.74, 6) is -0.210. The fourth-order valence-electron chi connectivity index (χ4n) is 5.01. The van der Waals surface area contributed by atoms with Gasteiger partial charge in [-0.05, 0) is 50.3 Å². The van der Waals surface area contributed by atoms with Crippen LogP contribution in [-0.4, -0.2) is 64.9 Å². The number of amides is 2. The molecule has 1 aliphatic heterocycles. The first-order chi connectivity index (χ1) is 14.8. The first-order valence-electron chi connectivity index (χ1n) is 11.4. The van der Waals surface area contributed by atoms with E-state index in [1.807, 2.05) is 25.7 Å². The van der Waals surface area contributed by atoms with E-state index in [4.69, 9.17) is 0 Å². The number of hydrogen-bond acceptors (Lipinski definition) is 3. The number of aromatic nitrogens is 1. The molecule has 0 radical (unpaired) electrons. The normalized spacial score (nSPS) is 22.8. The van der Waals surface area contributed by atoms with Crippen LogP contribution in [0.4, 0.5) is 4.39 Å². The number of carbonyl (C=O) groups is 2. The number of nitrogens with zero attached hydrogens (tertiary/aromatic N) is 2. The minimum atomic E-state index is -0.316. The second-order valence-electron chi connectivity index (χ2n) is 9.34. The van der Waals surface area contributed by atoms with Crippen LogP contribution in [0.1, 0.15) is 55.6 Å². The van der Waals surface area contributed by atoms with Gasteiger partial charge in [-0.1, -0.05) is 19.9 Å². The molecule has 0 spiro atoms. The number of rotatable bonds is 4. The number of halogens is 1. The van der Waals surface area contributed by atoms with Gasteiger partial charge in [-0.25, -0.2) is 4.39 Å². The fraction of sp³-hybridized carbons (Fsp3) is 0.583. The summed E-state index contributed by atoms with van der Waals surface area (Å²) in [5.41, 5.74) is 2.01. The van der Waals surface area contributed by atoms with Crippen LogP contribution >= 0.6 is 0 Å². The number of hydrogen-bond donors (Lipinski definition) is 2. The van der Waals surface area contributed by atoms with E-state index in [-0.39, 0.29) is 29.6 Å². The quantitative estimate of drug-likeness (QED) is 0.784. The Morgan fingerprint density at radius 1 is 1.16 bits per heavy atom. The largest absolute Gasteiger partial charge is 0.350 e. The highest BCUT2D eigenvalue weighted by atomic mass is 19.1. The van der Waals surface area contributed by atoms with Gasteiger partial charge in [-0.3, -0.25) is 14.5 Å². The van der Waals surface area contributed by atoms with Crippen LogP contribution < -0.4 is 5.32 Å². The van der Waals surface area contributed by atoms with Crippen LogP contribution in [0, 0.1) is 18.7 Å². The standard InChI is InChI=1S/C24H33FN4O2/c1-15(2)24(31)29-11-9-28(10-12-29)18-6-4-5-17(13-18)26-23(30)21-14-19-20(25)8-7-16(3)22(19)27-21/h7-8,14-15,17-18,27H,4-6,9-13H2,1-3H3,(H,26,30)/t17-,18?/m1/s1. The number of carbonyl (C=O) groups excluding carboxylic acids is 2. The van der Waals surface area contributed by atoms with Gasteiger partial charge < -0.3 is 15.2 Å². The number of fused-ring (bicyclic) bond motifs is 1. The molecule has 1 unspecified atom stereocenters. The van der Waals surface area contributed by atoms with Crippen LogP contribution in [-0.2, 0) is 4.79 Å². The van der Waals surface area contributed by atoms with Crippen molar-refractivity contribution >= 4 is 22.7 Å². The lowest BCUT2D eigenvalue weighted by atomic mass is 9.89. The van der Waals surface area contributed by atoms with E-state index in [1.165, 1.54) is 6.07 Å². The lowest BCUT2D eigenvalue weighted by Crippen LogP contribution is -2.54.